The molecule has 4 rings (SSSR count). The van der Waals surface area contributed by atoms with Crippen molar-refractivity contribution in [1.82, 2.24) is 19.5 Å². The van der Waals surface area contributed by atoms with E-state index in [1.165, 1.54) is 10.6 Å². The number of aromatic nitrogens is 4. The number of hydrogen-bond donors (Lipinski definition) is 2. The largest absolute Gasteiger partial charge is 0.351 e. The molecule has 1 fully saturated rings. The first kappa shape index (κ1) is 18.2. The average Bonchev–Trinajstić information content (AvgIpc) is 2.71. The second-order valence-corrected chi connectivity index (χ2v) is 6.94. The molecule has 0 aliphatic heterocycles. The van der Waals surface area contributed by atoms with E-state index in [4.69, 9.17) is 5.73 Å². The summed E-state index contributed by atoms with van der Waals surface area (Å²) in [4.78, 5) is 24.9. The van der Waals surface area contributed by atoms with Gasteiger partial charge in [0, 0.05) is 24.3 Å². The monoisotopic (exact) mass is 380 g/mol. The summed E-state index contributed by atoms with van der Waals surface area (Å²) < 4.78 is 15.8. The molecule has 0 spiro atoms. The van der Waals surface area contributed by atoms with Crippen LogP contribution in [0.25, 0.3) is 17.2 Å². The fourth-order valence-electron chi connectivity index (χ4n) is 3.37. The molecule has 7 nitrogen and oxygen atoms in total. The van der Waals surface area contributed by atoms with E-state index in [2.05, 4.69) is 20.3 Å². The molecule has 0 bridgehead atoms. The maximum atomic E-state index is 14.4. The van der Waals surface area contributed by atoms with Crippen LogP contribution in [0.4, 0.5) is 10.3 Å². The van der Waals surface area contributed by atoms with Crippen LogP contribution < -0.4 is 16.6 Å². The molecule has 0 atom stereocenters. The lowest BCUT2D eigenvalue weighted by Gasteiger charge is -2.26. The Balaban J connectivity index is 1.63. The average molecular weight is 380 g/mol. The van der Waals surface area contributed by atoms with E-state index in [0.717, 1.165) is 31.9 Å². The van der Waals surface area contributed by atoms with Gasteiger partial charge in [0.2, 0.25) is 5.95 Å². The highest BCUT2D eigenvalue weighted by atomic mass is 19.1. The van der Waals surface area contributed by atoms with Crippen molar-refractivity contribution in [3.05, 3.63) is 65.0 Å². The molecular formula is C20H21FN6O. The molecular weight excluding hydrogens is 359 g/mol. The molecule has 1 saturated carbocycles. The van der Waals surface area contributed by atoms with Crippen molar-refractivity contribution < 1.29 is 4.39 Å². The van der Waals surface area contributed by atoms with Gasteiger partial charge < -0.3 is 11.1 Å². The molecule has 3 N–H and O–H groups in total. The minimum absolute atomic E-state index is 0.0934. The molecule has 0 amide bonds. The third-order valence-electron chi connectivity index (χ3n) is 4.90. The van der Waals surface area contributed by atoms with Gasteiger partial charge in [-0.2, -0.15) is 0 Å². The zero-order valence-corrected chi connectivity index (χ0v) is 15.3. The van der Waals surface area contributed by atoms with E-state index < -0.39 is 5.82 Å². The van der Waals surface area contributed by atoms with Crippen molar-refractivity contribution >= 4 is 5.95 Å². The number of pyridine rings is 2. The number of anilines is 1. The molecule has 144 valence electrons. The first-order valence-electron chi connectivity index (χ1n) is 9.30. The maximum Gasteiger partial charge on any atom is 0.256 e. The lowest BCUT2D eigenvalue weighted by molar-refractivity contribution is 0.409. The third-order valence-corrected chi connectivity index (χ3v) is 4.90. The summed E-state index contributed by atoms with van der Waals surface area (Å²) in [6.07, 6.45) is 6.51. The summed E-state index contributed by atoms with van der Waals surface area (Å²) >= 11 is 0. The second-order valence-electron chi connectivity index (χ2n) is 6.94. The molecule has 0 unspecified atom stereocenters. The van der Waals surface area contributed by atoms with Gasteiger partial charge in [-0.15, -0.1) is 0 Å². The molecule has 3 aromatic rings. The highest BCUT2D eigenvalue weighted by molar-refractivity contribution is 5.57. The van der Waals surface area contributed by atoms with Gasteiger partial charge in [0.25, 0.3) is 5.56 Å². The molecule has 1 aliphatic rings. The maximum absolute atomic E-state index is 14.4. The SMILES string of the molecule is N[C@H]1CC[C@H](Nc2ncc(F)c(-c3cccc(-n4ccccc4=O)n3)n2)CC1. The number of nitrogens with two attached hydrogens (primary N) is 1. The Bertz CT molecular complexity index is 1030. The Morgan fingerprint density at radius 2 is 1.89 bits per heavy atom. The summed E-state index contributed by atoms with van der Waals surface area (Å²) in [7, 11) is 0. The van der Waals surface area contributed by atoms with Gasteiger partial charge in [0.1, 0.15) is 11.5 Å². The van der Waals surface area contributed by atoms with Crippen LogP contribution in [0, 0.1) is 5.82 Å². The van der Waals surface area contributed by atoms with Crippen molar-refractivity contribution in [1.29, 1.82) is 0 Å². The zero-order chi connectivity index (χ0) is 19.5. The third kappa shape index (κ3) is 3.91. The summed E-state index contributed by atoms with van der Waals surface area (Å²) in [5, 5.41) is 3.27. The highest BCUT2D eigenvalue weighted by Crippen LogP contribution is 2.23. The summed E-state index contributed by atoms with van der Waals surface area (Å²) in [5.74, 6) is 0.194. The molecule has 0 radical (unpaired) electrons. The van der Waals surface area contributed by atoms with Crippen LogP contribution in [-0.4, -0.2) is 31.6 Å². The Morgan fingerprint density at radius 1 is 1.07 bits per heavy atom. The fourth-order valence-corrected chi connectivity index (χ4v) is 3.37. The van der Waals surface area contributed by atoms with E-state index in [1.54, 1.807) is 36.5 Å². The van der Waals surface area contributed by atoms with Gasteiger partial charge in [0.05, 0.1) is 11.9 Å². The topological polar surface area (TPSA) is 98.7 Å². The van der Waals surface area contributed by atoms with Crippen molar-refractivity contribution in [3.8, 4) is 17.2 Å². The normalized spacial score (nSPS) is 19.4. The summed E-state index contributed by atoms with van der Waals surface area (Å²) in [6, 6.07) is 10.4. The number of nitrogens with one attached hydrogen (secondary N) is 1. The van der Waals surface area contributed by atoms with Crippen LogP contribution >= 0.6 is 0 Å². The van der Waals surface area contributed by atoms with E-state index in [-0.39, 0.29) is 23.3 Å². The molecule has 0 saturated heterocycles. The number of rotatable bonds is 4. The molecule has 8 heteroatoms. The van der Waals surface area contributed by atoms with Crippen molar-refractivity contribution in [2.45, 2.75) is 37.8 Å². The predicted octanol–water partition coefficient (Wildman–Crippen LogP) is 2.51. The van der Waals surface area contributed by atoms with E-state index >= 15 is 0 Å². The minimum atomic E-state index is -0.568. The lowest BCUT2D eigenvalue weighted by atomic mass is 9.92. The number of halogens is 1. The van der Waals surface area contributed by atoms with Crippen LogP contribution in [0.1, 0.15) is 25.7 Å². The quantitative estimate of drug-likeness (QED) is 0.722. The number of nitrogens with zero attached hydrogens (tertiary/aromatic N) is 4. The fraction of sp³-hybridized carbons (Fsp3) is 0.300. The zero-order valence-electron chi connectivity index (χ0n) is 15.3. The predicted molar refractivity (Wildman–Crippen MR) is 105 cm³/mol. The molecule has 3 aromatic heterocycles. The van der Waals surface area contributed by atoms with E-state index in [1.807, 2.05) is 0 Å². The number of hydrogen-bond acceptors (Lipinski definition) is 6. The molecule has 3 heterocycles. The molecule has 0 aromatic carbocycles. The van der Waals surface area contributed by atoms with E-state index in [9.17, 15) is 9.18 Å². The van der Waals surface area contributed by atoms with Gasteiger partial charge in [0.15, 0.2) is 5.82 Å². The van der Waals surface area contributed by atoms with Gasteiger partial charge in [-0.25, -0.2) is 19.3 Å². The van der Waals surface area contributed by atoms with Crippen molar-refractivity contribution in [2.24, 2.45) is 5.73 Å². The minimum Gasteiger partial charge on any atom is -0.351 e. The Labute approximate surface area is 161 Å². The summed E-state index contributed by atoms with van der Waals surface area (Å²) in [5.41, 5.74) is 6.16. The van der Waals surface area contributed by atoms with Crippen LogP contribution in [-0.2, 0) is 0 Å². The van der Waals surface area contributed by atoms with Crippen LogP contribution in [0.2, 0.25) is 0 Å². The van der Waals surface area contributed by atoms with Gasteiger partial charge in [-0.05, 0) is 43.9 Å². The van der Waals surface area contributed by atoms with Gasteiger partial charge in [-0.3, -0.25) is 9.36 Å². The van der Waals surface area contributed by atoms with Crippen molar-refractivity contribution in [2.75, 3.05) is 5.32 Å². The first-order chi connectivity index (χ1) is 13.6. The van der Waals surface area contributed by atoms with Gasteiger partial charge in [-0.1, -0.05) is 12.1 Å². The van der Waals surface area contributed by atoms with Gasteiger partial charge >= 0.3 is 0 Å². The smallest absolute Gasteiger partial charge is 0.256 e. The Hall–Kier alpha value is -3.13. The second kappa shape index (κ2) is 7.85. The summed E-state index contributed by atoms with van der Waals surface area (Å²) in [6.45, 7) is 0. The standard InChI is InChI=1S/C20H21FN6O/c21-15-12-23-20(24-14-9-7-13(22)8-10-14)26-19(15)16-4-3-5-17(25-16)27-11-2-1-6-18(27)28/h1-6,11-14H,7-10,22H2,(H,23,24,26)/t13-,14-. The molecule has 28 heavy (non-hydrogen) atoms. The van der Waals surface area contributed by atoms with Crippen LogP contribution in [0.3, 0.4) is 0 Å². The lowest BCUT2D eigenvalue weighted by Crippen LogP contribution is -2.33. The first-order valence-corrected chi connectivity index (χ1v) is 9.30. The van der Waals surface area contributed by atoms with Crippen molar-refractivity contribution in [3.63, 3.8) is 0 Å². The van der Waals surface area contributed by atoms with Crippen LogP contribution in [0.5, 0.6) is 0 Å². The Morgan fingerprint density at radius 3 is 2.68 bits per heavy atom. The highest BCUT2D eigenvalue weighted by Gasteiger charge is 2.20. The van der Waals surface area contributed by atoms with E-state index in [0.29, 0.717) is 17.5 Å². The molecule has 1 aliphatic carbocycles. The van der Waals surface area contributed by atoms with Crippen LogP contribution in [0.15, 0.2) is 53.6 Å². The Kier molecular flexibility index (Phi) is 5.12.